The van der Waals surface area contributed by atoms with Crippen molar-refractivity contribution in [3.63, 3.8) is 0 Å². The minimum Gasteiger partial charge on any atom is -0.394 e. The van der Waals surface area contributed by atoms with Crippen LogP contribution in [0.15, 0.2) is 0 Å². The Morgan fingerprint density at radius 2 is 0.397 bits per heavy atom. The lowest BCUT2D eigenvalue weighted by Crippen LogP contribution is -2.68. The van der Waals surface area contributed by atoms with Gasteiger partial charge in [-0.05, 0) is 0 Å². The van der Waals surface area contributed by atoms with Gasteiger partial charge in [-0.15, -0.1) is 0 Å². The van der Waals surface area contributed by atoms with Crippen LogP contribution in [-0.4, -0.2) is 373 Å². The number of aliphatic hydroxyl groups excluding tert-OH is 22. The van der Waals surface area contributed by atoms with E-state index >= 15 is 0 Å². The van der Waals surface area contributed by atoms with Crippen LogP contribution in [0.2, 0.25) is 0 Å². The fraction of sp³-hybridized carbons (Fsp3) is 1.00. The van der Waals surface area contributed by atoms with Crippen LogP contribution in [0.25, 0.3) is 0 Å². The largest absolute Gasteiger partial charge is 0.394 e. The molecule has 35 atom stereocenters. The van der Waals surface area contributed by atoms with Crippen LogP contribution in [0.5, 0.6) is 0 Å². The molecule has 24 N–H and O–H groups in total. The molecule has 14 unspecified atom stereocenters. The van der Waals surface area contributed by atoms with Gasteiger partial charge in [0, 0.05) is 0 Å². The van der Waals surface area contributed by atoms with Crippen LogP contribution in [0.4, 0.5) is 0 Å². The van der Waals surface area contributed by atoms with Crippen LogP contribution in [0.3, 0.4) is 0 Å². The molecule has 0 bridgehead atoms. The molecule has 78 heavy (non-hydrogen) atoms. The molecule has 0 aromatic carbocycles. The zero-order chi connectivity index (χ0) is 57.3. The Hall–Kier alpha value is -1.44. The maximum Gasteiger partial charge on any atom is 0.187 e. The van der Waals surface area contributed by atoms with Gasteiger partial charge in [-0.1, -0.05) is 0 Å². The summed E-state index contributed by atoms with van der Waals surface area (Å²) in [4.78, 5) is 0. The van der Waals surface area contributed by atoms with Crippen LogP contribution < -0.4 is 5.73 Å². The van der Waals surface area contributed by atoms with E-state index < -0.39 is 261 Å². The normalized spacial score (nSPS) is 53.5. The zero-order valence-electron chi connectivity index (χ0n) is 40.9. The van der Waals surface area contributed by atoms with Crippen molar-refractivity contribution in [1.29, 1.82) is 0 Å². The molecule has 7 aliphatic rings. The first-order chi connectivity index (χ1) is 37.0. The average molecular weight is 1150 g/mol. The van der Waals surface area contributed by atoms with Gasteiger partial charge in [0.05, 0.1) is 46.2 Å². The Labute approximate surface area is 440 Å². The number of aliphatic hydroxyl groups is 22. The van der Waals surface area contributed by atoms with Gasteiger partial charge in [0.1, 0.15) is 177 Å². The number of rotatable bonds is 19. The molecule has 0 aromatic heterocycles. The van der Waals surface area contributed by atoms with E-state index in [9.17, 15) is 112 Å². The quantitative estimate of drug-likeness (QED) is 0.0571. The van der Waals surface area contributed by atoms with E-state index in [1.54, 1.807) is 0 Å². The van der Waals surface area contributed by atoms with Crippen LogP contribution >= 0.6 is 0 Å². The minimum atomic E-state index is -2.22. The lowest BCUT2D eigenvalue weighted by molar-refractivity contribution is -0.397. The summed E-state index contributed by atoms with van der Waals surface area (Å²) >= 11 is 0. The van der Waals surface area contributed by atoms with Gasteiger partial charge >= 0.3 is 0 Å². The molecule has 7 fully saturated rings. The molecule has 456 valence electrons. The number of hydrogen-bond donors (Lipinski definition) is 23. The lowest BCUT2D eigenvalue weighted by atomic mass is 9.95. The van der Waals surface area contributed by atoms with Crippen molar-refractivity contribution in [2.24, 2.45) is 5.73 Å². The predicted molar refractivity (Wildman–Crippen MR) is 234 cm³/mol. The van der Waals surface area contributed by atoms with Crippen molar-refractivity contribution in [1.82, 2.24) is 0 Å². The summed E-state index contributed by atoms with van der Waals surface area (Å²) in [6, 6.07) is 0. The number of nitrogens with two attached hydrogens (primary N) is 1. The second-order valence-corrected chi connectivity index (χ2v) is 19.6. The van der Waals surface area contributed by atoms with Crippen molar-refractivity contribution < 1.29 is 174 Å². The van der Waals surface area contributed by atoms with E-state index in [4.69, 9.17) is 67.3 Å². The summed E-state index contributed by atoms with van der Waals surface area (Å²) in [5.41, 5.74) is 5.61. The Morgan fingerprint density at radius 1 is 0.218 bits per heavy atom. The standard InChI is InChI=1S/C42H73NO35/c43-36-23(59)17(53)30(9(2-45)66-36)73-38-25(61)19(55)32(11(4-47)68-38)75-40-27(63)21(57)34(13(6-49)70-40)77-42-29(65)22(58)35(14(7-50)72-42)78-41-28(64)20(56)33(12(5-48)71-41)76-39-26(62)18(54)31(10(3-46)69-39)74-37-24(60)16(52)15(51)8(1-44)67-37/h8-42,44-65H,1-7,43H2/t8?,9?,10?,11?,12?,13?,14?,15-,16+,17-,18-,19-,20-,21-,22-,23?,24?,25?,26?,27?,28?,29?,30-,31-,32-,33-,34-,35-,36-,37-,38-,39-,40-,41-,42-/m1/s1. The maximum atomic E-state index is 11.3. The van der Waals surface area contributed by atoms with E-state index in [1.807, 2.05) is 0 Å². The molecule has 0 aliphatic carbocycles. The number of hydrogen-bond acceptors (Lipinski definition) is 36. The number of ether oxygens (including phenoxy) is 13. The Bertz CT molecular complexity index is 1810. The molecule has 36 heteroatoms. The van der Waals surface area contributed by atoms with E-state index in [-0.39, 0.29) is 0 Å². The molecule has 0 spiro atoms. The molecule has 7 aliphatic heterocycles. The second-order valence-electron chi connectivity index (χ2n) is 19.6. The molecule has 0 amide bonds. The molecule has 7 rings (SSSR count). The van der Waals surface area contributed by atoms with Crippen LogP contribution in [0, 0.1) is 0 Å². The van der Waals surface area contributed by atoms with Crippen LogP contribution in [0.1, 0.15) is 0 Å². The molecule has 7 heterocycles. The Balaban J connectivity index is 0.947. The second kappa shape index (κ2) is 27.5. The van der Waals surface area contributed by atoms with Crippen molar-refractivity contribution >= 4 is 0 Å². The summed E-state index contributed by atoms with van der Waals surface area (Å²) in [5.74, 6) is 0. The van der Waals surface area contributed by atoms with E-state index in [2.05, 4.69) is 0 Å². The predicted octanol–water partition coefficient (Wildman–Crippen LogP) is -16.3. The highest BCUT2D eigenvalue weighted by molar-refractivity contribution is 5.01. The van der Waals surface area contributed by atoms with Gasteiger partial charge in [0.25, 0.3) is 0 Å². The lowest BCUT2D eigenvalue weighted by Gasteiger charge is -2.50. The fourth-order valence-corrected chi connectivity index (χ4v) is 10.1. The first kappa shape index (κ1) is 64.1. The highest BCUT2D eigenvalue weighted by atomic mass is 16.8. The van der Waals surface area contributed by atoms with Gasteiger partial charge in [-0.3, -0.25) is 0 Å². The molecule has 0 saturated carbocycles. The topological polar surface area (TPSA) is 591 Å². The molecule has 36 nitrogen and oxygen atoms in total. The first-order valence-corrected chi connectivity index (χ1v) is 24.7. The van der Waals surface area contributed by atoms with Crippen molar-refractivity contribution in [2.45, 2.75) is 215 Å². The smallest absolute Gasteiger partial charge is 0.187 e. The molecular weight excluding hydrogens is 1080 g/mol. The first-order valence-electron chi connectivity index (χ1n) is 24.7. The third-order valence-corrected chi connectivity index (χ3v) is 14.6. The van der Waals surface area contributed by atoms with E-state index in [0.29, 0.717) is 0 Å². The summed E-state index contributed by atoms with van der Waals surface area (Å²) < 4.78 is 72.3. The van der Waals surface area contributed by atoms with Gasteiger partial charge in [-0.2, -0.15) is 0 Å². The third-order valence-electron chi connectivity index (χ3n) is 14.6. The maximum absolute atomic E-state index is 11.3. The van der Waals surface area contributed by atoms with E-state index in [0.717, 1.165) is 0 Å². The summed E-state index contributed by atoms with van der Waals surface area (Å²) in [6.07, 6.45) is -66.1. The summed E-state index contributed by atoms with van der Waals surface area (Å²) in [7, 11) is 0. The van der Waals surface area contributed by atoms with Gasteiger partial charge in [0.15, 0.2) is 37.7 Å². The van der Waals surface area contributed by atoms with Gasteiger partial charge in [0.2, 0.25) is 0 Å². The highest BCUT2D eigenvalue weighted by Gasteiger charge is 2.58. The summed E-state index contributed by atoms with van der Waals surface area (Å²) in [5, 5.41) is 234. The summed E-state index contributed by atoms with van der Waals surface area (Å²) in [6.45, 7) is -6.74. The van der Waals surface area contributed by atoms with Crippen molar-refractivity contribution in [3.8, 4) is 0 Å². The molecule has 0 radical (unpaired) electrons. The highest BCUT2D eigenvalue weighted by Crippen LogP contribution is 2.37. The zero-order valence-corrected chi connectivity index (χ0v) is 40.9. The third kappa shape index (κ3) is 12.9. The molecular formula is C42H73NO35. The Kier molecular flexibility index (Phi) is 22.6. The molecule has 0 aromatic rings. The SMILES string of the molecule is N[C@@H]1OC(CO)[C@@H](O[C@H]2OC(CO)[C@@H](O[C@H]3OC(CO)[C@@H](O[C@H]4OC(CO)[C@@H](O[C@H]5OC(CO)[C@@H](O[C@H]6OC(CO)[C@@H](O[C@H]7OC(CO)[C@@H](O)[C@H](O)C7O)[C@H](O)C6O)[C@H](O)C5O)[C@H](O)C4O)[C@H](O)C3O)[C@H](O)C2O)[C@H](O)C1O. The van der Waals surface area contributed by atoms with Gasteiger partial charge < -0.3 is 180 Å². The fourth-order valence-electron chi connectivity index (χ4n) is 10.1. The van der Waals surface area contributed by atoms with Crippen LogP contribution in [-0.2, 0) is 61.6 Å². The average Bonchev–Trinajstić information content (AvgIpc) is 3.47. The van der Waals surface area contributed by atoms with E-state index in [1.165, 1.54) is 0 Å². The van der Waals surface area contributed by atoms with Crippen molar-refractivity contribution in [3.05, 3.63) is 0 Å². The van der Waals surface area contributed by atoms with Crippen molar-refractivity contribution in [2.75, 3.05) is 46.2 Å². The van der Waals surface area contributed by atoms with Gasteiger partial charge in [-0.25, -0.2) is 0 Å². The molecule has 7 saturated heterocycles. The minimum absolute atomic E-state index is 0.791. The Morgan fingerprint density at radius 3 is 0.615 bits per heavy atom. The monoisotopic (exact) mass is 1150 g/mol.